The number of rotatable bonds is 2. The lowest BCUT2D eigenvalue weighted by molar-refractivity contribution is 0.0987. The maximum Gasteiger partial charge on any atom is 0.162 e. The van der Waals surface area contributed by atoms with Gasteiger partial charge in [-0.05, 0) is 53.4 Å². The normalized spacial score (nSPS) is 19.9. The third-order valence-electron chi connectivity index (χ3n) is 4.82. The van der Waals surface area contributed by atoms with E-state index in [4.69, 9.17) is 0 Å². The van der Waals surface area contributed by atoms with Gasteiger partial charge in [0.15, 0.2) is 5.78 Å². The van der Waals surface area contributed by atoms with Crippen LogP contribution in [-0.4, -0.2) is 5.78 Å². The highest BCUT2D eigenvalue weighted by Crippen LogP contribution is 2.46. The quantitative estimate of drug-likeness (QED) is 0.687. The van der Waals surface area contributed by atoms with Crippen molar-refractivity contribution in [3.05, 3.63) is 34.4 Å². The topological polar surface area (TPSA) is 17.1 Å². The minimum absolute atomic E-state index is 0.182. The van der Waals surface area contributed by atoms with Gasteiger partial charge in [-0.1, -0.05) is 40.7 Å². The van der Waals surface area contributed by atoms with Crippen LogP contribution < -0.4 is 0 Å². The average molecular weight is 258 g/mol. The molecule has 0 atom stereocenters. The molecule has 0 fully saturated rings. The van der Waals surface area contributed by atoms with Gasteiger partial charge in [-0.2, -0.15) is 0 Å². The van der Waals surface area contributed by atoms with Crippen LogP contribution in [0, 0.1) is 6.92 Å². The monoisotopic (exact) mass is 258 g/mol. The highest BCUT2D eigenvalue weighted by molar-refractivity contribution is 5.97. The molecule has 1 aliphatic carbocycles. The van der Waals surface area contributed by atoms with Gasteiger partial charge in [-0.25, -0.2) is 0 Å². The van der Waals surface area contributed by atoms with E-state index in [9.17, 15) is 4.79 Å². The lowest BCUT2D eigenvalue weighted by Crippen LogP contribution is -2.34. The van der Waals surface area contributed by atoms with E-state index in [1.807, 2.05) is 6.92 Å². The average Bonchev–Trinajstić information content (AvgIpc) is 2.34. The fourth-order valence-corrected chi connectivity index (χ4v) is 3.21. The Balaban J connectivity index is 2.68. The molecule has 0 aliphatic heterocycles. The van der Waals surface area contributed by atoms with Crippen LogP contribution in [0.25, 0.3) is 0 Å². The number of hydrogen-bond acceptors (Lipinski definition) is 1. The summed E-state index contributed by atoms with van der Waals surface area (Å²) in [5, 5.41) is 0. The number of carbonyl (C=O) groups is 1. The molecule has 0 unspecified atom stereocenters. The Kier molecular flexibility index (Phi) is 3.36. The summed E-state index contributed by atoms with van der Waals surface area (Å²) < 4.78 is 0. The van der Waals surface area contributed by atoms with E-state index in [0.717, 1.165) is 11.1 Å². The van der Waals surface area contributed by atoms with Crippen LogP contribution in [0.4, 0.5) is 0 Å². The number of carbonyl (C=O) groups excluding carboxylic acids is 1. The SMILES string of the molecule is CCC(=O)c1cc2c(cc1C)C(C)(C)CCC2(C)C. The Morgan fingerprint density at radius 1 is 1.05 bits per heavy atom. The molecule has 19 heavy (non-hydrogen) atoms. The van der Waals surface area contributed by atoms with Crippen LogP contribution in [0.5, 0.6) is 0 Å². The second-order valence-electron chi connectivity index (χ2n) is 7.26. The van der Waals surface area contributed by atoms with Crippen LogP contribution in [0.3, 0.4) is 0 Å². The van der Waals surface area contributed by atoms with E-state index < -0.39 is 0 Å². The number of ketones is 1. The van der Waals surface area contributed by atoms with Crippen LogP contribution in [0.1, 0.15) is 80.9 Å². The summed E-state index contributed by atoms with van der Waals surface area (Å²) in [7, 11) is 0. The van der Waals surface area contributed by atoms with Crippen molar-refractivity contribution < 1.29 is 4.79 Å². The fourth-order valence-electron chi connectivity index (χ4n) is 3.21. The lowest BCUT2D eigenvalue weighted by atomic mass is 9.62. The standard InChI is InChI=1S/C18H26O/c1-7-16(19)13-11-15-14(10-12(13)2)17(3,4)8-9-18(15,5)6/h10-11H,7-9H2,1-6H3. The molecule has 0 amide bonds. The van der Waals surface area contributed by atoms with E-state index in [1.165, 1.54) is 24.0 Å². The fraction of sp³-hybridized carbons (Fsp3) is 0.611. The molecular formula is C18H26O. The number of benzene rings is 1. The molecule has 1 nitrogen and oxygen atoms in total. The second-order valence-corrected chi connectivity index (χ2v) is 7.26. The Morgan fingerprint density at radius 3 is 2.00 bits per heavy atom. The van der Waals surface area contributed by atoms with Crippen molar-refractivity contribution in [2.75, 3.05) is 0 Å². The van der Waals surface area contributed by atoms with Crippen molar-refractivity contribution in [3.8, 4) is 0 Å². The highest BCUT2D eigenvalue weighted by atomic mass is 16.1. The molecule has 0 saturated heterocycles. The van der Waals surface area contributed by atoms with Crippen LogP contribution in [0.15, 0.2) is 12.1 Å². The largest absolute Gasteiger partial charge is 0.294 e. The predicted octanol–water partition coefficient (Wildman–Crippen LogP) is 4.94. The third kappa shape index (κ3) is 2.35. The van der Waals surface area contributed by atoms with Crippen molar-refractivity contribution in [1.29, 1.82) is 0 Å². The summed E-state index contributed by atoms with van der Waals surface area (Å²) in [5.41, 5.74) is 5.29. The second kappa shape index (κ2) is 4.47. The zero-order valence-corrected chi connectivity index (χ0v) is 13.2. The van der Waals surface area contributed by atoms with Crippen molar-refractivity contribution in [3.63, 3.8) is 0 Å². The van der Waals surface area contributed by atoms with Crippen molar-refractivity contribution in [2.24, 2.45) is 0 Å². The molecule has 0 aromatic heterocycles. The summed E-state index contributed by atoms with van der Waals surface area (Å²) in [6, 6.07) is 4.44. The number of hydrogen-bond donors (Lipinski definition) is 0. The highest BCUT2D eigenvalue weighted by Gasteiger charge is 2.37. The van der Waals surface area contributed by atoms with Gasteiger partial charge in [-0.15, -0.1) is 0 Å². The molecule has 1 aliphatic rings. The van der Waals surface area contributed by atoms with Crippen LogP contribution in [0.2, 0.25) is 0 Å². The molecule has 1 aromatic rings. The molecule has 0 N–H and O–H groups in total. The molecule has 0 radical (unpaired) electrons. The lowest BCUT2D eigenvalue weighted by Gasteiger charge is -2.42. The first-order valence-electron chi connectivity index (χ1n) is 7.38. The predicted molar refractivity (Wildman–Crippen MR) is 81.1 cm³/mol. The molecule has 0 saturated carbocycles. The van der Waals surface area contributed by atoms with Crippen LogP contribution in [-0.2, 0) is 10.8 Å². The Labute approximate surface area is 117 Å². The first-order valence-corrected chi connectivity index (χ1v) is 7.38. The summed E-state index contributed by atoms with van der Waals surface area (Å²) in [5.74, 6) is 0.263. The van der Waals surface area contributed by atoms with E-state index in [0.29, 0.717) is 6.42 Å². The number of Topliss-reactive ketones (excluding diaryl/α,β-unsaturated/α-hetero) is 1. The van der Waals surface area contributed by atoms with Gasteiger partial charge in [0.1, 0.15) is 0 Å². The van der Waals surface area contributed by atoms with E-state index in [2.05, 4.69) is 46.8 Å². The molecule has 104 valence electrons. The smallest absolute Gasteiger partial charge is 0.162 e. The van der Waals surface area contributed by atoms with E-state index in [1.54, 1.807) is 0 Å². The minimum atomic E-state index is 0.182. The third-order valence-corrected chi connectivity index (χ3v) is 4.82. The first-order chi connectivity index (χ1) is 8.69. The van der Waals surface area contributed by atoms with Gasteiger partial charge >= 0.3 is 0 Å². The summed E-state index contributed by atoms with van der Waals surface area (Å²) in [6.45, 7) is 13.3. The summed E-state index contributed by atoms with van der Waals surface area (Å²) in [4.78, 5) is 12.1. The Bertz CT molecular complexity index is 521. The number of aryl methyl sites for hydroxylation is 1. The van der Waals surface area contributed by atoms with Crippen LogP contribution >= 0.6 is 0 Å². The molecule has 0 heterocycles. The maximum absolute atomic E-state index is 12.1. The zero-order valence-electron chi connectivity index (χ0n) is 13.2. The molecule has 0 bridgehead atoms. The zero-order chi connectivity index (χ0) is 14.4. The molecule has 1 aromatic carbocycles. The maximum atomic E-state index is 12.1. The van der Waals surface area contributed by atoms with Gasteiger partial charge in [0, 0.05) is 12.0 Å². The van der Waals surface area contributed by atoms with Crippen molar-refractivity contribution in [1.82, 2.24) is 0 Å². The van der Waals surface area contributed by atoms with Crippen molar-refractivity contribution >= 4 is 5.78 Å². The summed E-state index contributed by atoms with van der Waals surface area (Å²) >= 11 is 0. The minimum Gasteiger partial charge on any atom is -0.294 e. The number of fused-ring (bicyclic) bond motifs is 1. The molecular weight excluding hydrogens is 232 g/mol. The van der Waals surface area contributed by atoms with Gasteiger partial charge < -0.3 is 0 Å². The van der Waals surface area contributed by atoms with Gasteiger partial charge in [0.2, 0.25) is 0 Å². The molecule has 2 rings (SSSR count). The molecule has 1 heteroatoms. The van der Waals surface area contributed by atoms with E-state index in [-0.39, 0.29) is 16.6 Å². The van der Waals surface area contributed by atoms with Gasteiger partial charge in [0.25, 0.3) is 0 Å². The van der Waals surface area contributed by atoms with E-state index >= 15 is 0 Å². The Hall–Kier alpha value is -1.11. The van der Waals surface area contributed by atoms with Gasteiger partial charge in [-0.3, -0.25) is 4.79 Å². The molecule has 0 spiro atoms. The summed E-state index contributed by atoms with van der Waals surface area (Å²) in [6.07, 6.45) is 2.99. The van der Waals surface area contributed by atoms with Gasteiger partial charge in [0.05, 0.1) is 0 Å². The Morgan fingerprint density at radius 2 is 1.53 bits per heavy atom. The van der Waals surface area contributed by atoms with Crippen molar-refractivity contribution in [2.45, 2.75) is 71.6 Å². The first kappa shape index (κ1) is 14.3.